The molecule has 0 fully saturated rings. The largest absolute Gasteiger partial charge is 0.312 e. The average molecular weight is 245 g/mol. The monoisotopic (exact) mass is 245 g/mol. The summed E-state index contributed by atoms with van der Waals surface area (Å²) in [5.74, 6) is 0.740. The Kier molecular flexibility index (Phi) is 5.77. The van der Waals surface area contributed by atoms with Crippen LogP contribution < -0.4 is 5.32 Å². The summed E-state index contributed by atoms with van der Waals surface area (Å²) < 4.78 is 27.0. The van der Waals surface area contributed by atoms with Crippen LogP contribution in [-0.2, 0) is 0 Å². The van der Waals surface area contributed by atoms with Crippen molar-refractivity contribution in [2.75, 3.05) is 18.6 Å². The van der Waals surface area contributed by atoms with Crippen molar-refractivity contribution >= 4 is 11.8 Å². The molecular formula is C12H17F2NS. The number of nitrogens with one attached hydrogen (secondary N) is 1. The highest BCUT2D eigenvalue weighted by molar-refractivity contribution is 7.99. The average Bonchev–Trinajstić information content (AvgIpc) is 2.26. The number of thioether (sulfide) groups is 1. The quantitative estimate of drug-likeness (QED) is 0.771. The summed E-state index contributed by atoms with van der Waals surface area (Å²) in [4.78, 5) is 0. The first-order chi connectivity index (χ1) is 7.70. The predicted molar refractivity (Wildman–Crippen MR) is 65.8 cm³/mol. The van der Waals surface area contributed by atoms with Crippen LogP contribution in [0.3, 0.4) is 0 Å². The Hall–Kier alpha value is -0.610. The highest BCUT2D eigenvalue weighted by Crippen LogP contribution is 2.23. The molecule has 1 N–H and O–H groups in total. The van der Waals surface area contributed by atoms with E-state index in [1.54, 1.807) is 18.8 Å². The van der Waals surface area contributed by atoms with E-state index in [-0.39, 0.29) is 11.6 Å². The van der Waals surface area contributed by atoms with Crippen LogP contribution in [0.1, 0.15) is 24.9 Å². The van der Waals surface area contributed by atoms with Crippen molar-refractivity contribution in [1.82, 2.24) is 5.32 Å². The number of halogens is 2. The molecule has 90 valence electrons. The molecule has 1 rings (SSSR count). The Morgan fingerprint density at radius 1 is 1.31 bits per heavy atom. The van der Waals surface area contributed by atoms with Gasteiger partial charge in [0.05, 0.1) is 0 Å². The van der Waals surface area contributed by atoms with Crippen molar-refractivity contribution in [2.45, 2.75) is 19.4 Å². The second-order valence-electron chi connectivity index (χ2n) is 3.55. The predicted octanol–water partition coefficient (Wildman–Crippen LogP) is 3.37. The van der Waals surface area contributed by atoms with Crippen LogP contribution in [0, 0.1) is 11.6 Å². The van der Waals surface area contributed by atoms with Gasteiger partial charge in [0.25, 0.3) is 0 Å². The second-order valence-corrected chi connectivity index (χ2v) is 4.70. The van der Waals surface area contributed by atoms with Gasteiger partial charge in [-0.25, -0.2) is 8.78 Å². The van der Waals surface area contributed by atoms with E-state index in [2.05, 4.69) is 12.2 Å². The second kappa shape index (κ2) is 6.86. The Morgan fingerprint density at radius 2 is 1.94 bits per heavy atom. The van der Waals surface area contributed by atoms with Gasteiger partial charge in [0, 0.05) is 17.4 Å². The lowest BCUT2D eigenvalue weighted by Gasteiger charge is -2.17. The fraction of sp³-hybridized carbons (Fsp3) is 0.500. The van der Waals surface area contributed by atoms with E-state index in [1.165, 1.54) is 18.2 Å². The molecule has 0 aromatic heterocycles. The van der Waals surface area contributed by atoms with Gasteiger partial charge in [0.1, 0.15) is 11.6 Å². The number of rotatable bonds is 6. The van der Waals surface area contributed by atoms with Gasteiger partial charge >= 0.3 is 0 Å². The minimum atomic E-state index is -0.476. The Bertz CT molecular complexity index is 311. The molecular weight excluding hydrogens is 228 g/mol. The van der Waals surface area contributed by atoms with Crippen molar-refractivity contribution in [3.63, 3.8) is 0 Å². The fourth-order valence-electron chi connectivity index (χ4n) is 1.50. The van der Waals surface area contributed by atoms with Crippen LogP contribution in [0.15, 0.2) is 18.2 Å². The lowest BCUT2D eigenvalue weighted by Crippen LogP contribution is -2.21. The molecule has 0 aliphatic rings. The van der Waals surface area contributed by atoms with Gasteiger partial charge in [0.15, 0.2) is 0 Å². The van der Waals surface area contributed by atoms with Crippen LogP contribution in [0.5, 0.6) is 0 Å². The molecule has 0 aliphatic carbocycles. The molecule has 0 saturated heterocycles. The van der Waals surface area contributed by atoms with E-state index in [1.807, 2.05) is 0 Å². The molecule has 0 bridgehead atoms. The third kappa shape index (κ3) is 3.46. The minimum Gasteiger partial charge on any atom is -0.312 e. The first kappa shape index (κ1) is 13.5. The maximum Gasteiger partial charge on any atom is 0.130 e. The van der Waals surface area contributed by atoms with E-state index in [4.69, 9.17) is 0 Å². The van der Waals surface area contributed by atoms with Crippen molar-refractivity contribution in [3.8, 4) is 0 Å². The maximum atomic E-state index is 13.5. The zero-order valence-corrected chi connectivity index (χ0v) is 10.4. The summed E-state index contributed by atoms with van der Waals surface area (Å²) in [7, 11) is 1.73. The summed E-state index contributed by atoms with van der Waals surface area (Å²) in [6, 6.07) is 3.72. The molecule has 0 aliphatic heterocycles. The Morgan fingerprint density at radius 3 is 2.44 bits per heavy atom. The number of benzene rings is 1. The molecule has 16 heavy (non-hydrogen) atoms. The molecule has 0 amide bonds. The molecule has 0 spiro atoms. The van der Waals surface area contributed by atoms with Crippen LogP contribution in [0.4, 0.5) is 8.78 Å². The Labute approximate surface area is 99.6 Å². The van der Waals surface area contributed by atoms with Gasteiger partial charge in [0.2, 0.25) is 0 Å². The van der Waals surface area contributed by atoms with Crippen molar-refractivity contribution in [2.24, 2.45) is 0 Å². The third-order valence-electron chi connectivity index (χ3n) is 2.33. The van der Waals surface area contributed by atoms with Crippen LogP contribution in [0.2, 0.25) is 0 Å². The van der Waals surface area contributed by atoms with Gasteiger partial charge in [-0.15, -0.1) is 0 Å². The zero-order valence-electron chi connectivity index (χ0n) is 9.59. The van der Waals surface area contributed by atoms with Crippen LogP contribution in [-0.4, -0.2) is 18.6 Å². The van der Waals surface area contributed by atoms with Gasteiger partial charge in [-0.1, -0.05) is 13.0 Å². The molecule has 0 radical (unpaired) electrons. The zero-order chi connectivity index (χ0) is 12.0. The van der Waals surface area contributed by atoms with Gasteiger partial charge in [-0.2, -0.15) is 11.8 Å². The van der Waals surface area contributed by atoms with Gasteiger partial charge in [-0.3, -0.25) is 0 Å². The summed E-state index contributed by atoms with van der Waals surface area (Å²) in [6.07, 6.45) is 1.07. The highest BCUT2D eigenvalue weighted by Gasteiger charge is 2.18. The normalized spacial score (nSPS) is 12.8. The van der Waals surface area contributed by atoms with Crippen molar-refractivity contribution in [3.05, 3.63) is 35.4 Å². The van der Waals surface area contributed by atoms with Crippen molar-refractivity contribution < 1.29 is 8.78 Å². The van der Waals surface area contributed by atoms with E-state index in [0.717, 1.165) is 12.2 Å². The highest BCUT2D eigenvalue weighted by atomic mass is 32.2. The molecule has 1 aromatic carbocycles. The third-order valence-corrected chi connectivity index (χ3v) is 3.60. The molecule has 1 atom stereocenters. The molecule has 0 saturated carbocycles. The smallest absolute Gasteiger partial charge is 0.130 e. The summed E-state index contributed by atoms with van der Waals surface area (Å²) in [5, 5.41) is 2.96. The fourth-order valence-corrected chi connectivity index (χ4v) is 2.52. The minimum absolute atomic E-state index is 0.147. The first-order valence-corrected chi connectivity index (χ1v) is 6.55. The maximum absolute atomic E-state index is 13.5. The summed E-state index contributed by atoms with van der Waals surface area (Å²) >= 11 is 1.70. The van der Waals surface area contributed by atoms with Crippen molar-refractivity contribution in [1.29, 1.82) is 0 Å². The van der Waals surface area contributed by atoms with E-state index in [0.29, 0.717) is 5.75 Å². The van der Waals surface area contributed by atoms with E-state index >= 15 is 0 Å². The van der Waals surface area contributed by atoms with E-state index < -0.39 is 11.6 Å². The van der Waals surface area contributed by atoms with Gasteiger partial charge < -0.3 is 5.32 Å². The molecule has 1 aromatic rings. The van der Waals surface area contributed by atoms with Crippen LogP contribution >= 0.6 is 11.8 Å². The summed E-state index contributed by atoms with van der Waals surface area (Å²) in [6.45, 7) is 2.09. The van der Waals surface area contributed by atoms with E-state index in [9.17, 15) is 8.78 Å². The topological polar surface area (TPSA) is 12.0 Å². The standard InChI is InChI=1S/C12H17F2NS/c1-3-7-16-8-11(15-2)12-9(13)5-4-6-10(12)14/h4-6,11,15H,3,7-8H2,1-2H3. The lowest BCUT2D eigenvalue weighted by molar-refractivity contribution is 0.513. The van der Waals surface area contributed by atoms with Gasteiger partial charge in [-0.05, 0) is 31.4 Å². The molecule has 0 heterocycles. The number of hydrogen-bond acceptors (Lipinski definition) is 2. The SMILES string of the molecule is CCCSCC(NC)c1c(F)cccc1F. The molecule has 1 unspecified atom stereocenters. The number of hydrogen-bond donors (Lipinski definition) is 1. The summed E-state index contributed by atoms with van der Waals surface area (Å²) in [5.41, 5.74) is 0.147. The molecule has 1 nitrogen and oxygen atoms in total. The lowest BCUT2D eigenvalue weighted by atomic mass is 10.1. The van der Waals surface area contributed by atoms with Crippen LogP contribution in [0.25, 0.3) is 0 Å². The first-order valence-electron chi connectivity index (χ1n) is 5.39. The Balaban J connectivity index is 2.78. The molecule has 4 heteroatoms.